The molecule has 0 heterocycles. The Morgan fingerprint density at radius 2 is 1.65 bits per heavy atom. The molecule has 2 rings (SSSR count). The van der Waals surface area contributed by atoms with E-state index in [1.165, 1.54) is 19.3 Å². The second-order valence-corrected chi connectivity index (χ2v) is 9.64. The zero-order valence-electron chi connectivity index (χ0n) is 16.2. The predicted molar refractivity (Wildman–Crippen MR) is 96.2 cm³/mol. The van der Waals surface area contributed by atoms with Crippen LogP contribution in [0.2, 0.25) is 0 Å². The smallest absolute Gasteiger partial charge is 0.136 e. The van der Waals surface area contributed by atoms with E-state index in [0.29, 0.717) is 17.6 Å². The Morgan fingerprint density at radius 3 is 2.30 bits per heavy atom. The second-order valence-electron chi connectivity index (χ2n) is 9.64. The Labute approximate surface area is 143 Å². The summed E-state index contributed by atoms with van der Waals surface area (Å²) >= 11 is 0. The molecule has 0 spiro atoms. The summed E-state index contributed by atoms with van der Waals surface area (Å²) in [5.74, 6) is 1.81. The van der Waals surface area contributed by atoms with Gasteiger partial charge in [-0.15, -0.1) is 0 Å². The van der Waals surface area contributed by atoms with Crippen LogP contribution >= 0.6 is 0 Å². The minimum absolute atomic E-state index is 0.0626. The van der Waals surface area contributed by atoms with E-state index in [-0.39, 0.29) is 28.8 Å². The summed E-state index contributed by atoms with van der Waals surface area (Å²) < 4.78 is 0. The van der Waals surface area contributed by atoms with E-state index in [0.717, 1.165) is 25.7 Å². The van der Waals surface area contributed by atoms with E-state index in [9.17, 15) is 9.90 Å². The number of ketones is 1. The monoisotopic (exact) mass is 322 g/mol. The van der Waals surface area contributed by atoms with Crippen LogP contribution in [-0.4, -0.2) is 17.0 Å². The lowest BCUT2D eigenvalue weighted by molar-refractivity contribution is -0.138. The first-order chi connectivity index (χ1) is 10.6. The van der Waals surface area contributed by atoms with Crippen molar-refractivity contribution in [2.45, 2.75) is 92.6 Å². The minimum atomic E-state index is -0.315. The predicted octanol–water partition coefficient (Wildman–Crippen LogP) is 5.23. The largest absolute Gasteiger partial charge is 0.392 e. The van der Waals surface area contributed by atoms with E-state index < -0.39 is 0 Å². The van der Waals surface area contributed by atoms with Gasteiger partial charge in [-0.2, -0.15) is 0 Å². The Bertz CT molecular complexity index is 428. The molecule has 23 heavy (non-hydrogen) atoms. The molecule has 2 unspecified atom stereocenters. The molecule has 134 valence electrons. The molecule has 0 aliphatic heterocycles. The van der Waals surface area contributed by atoms with Crippen LogP contribution in [0.5, 0.6) is 0 Å². The van der Waals surface area contributed by atoms with Gasteiger partial charge in [0.1, 0.15) is 5.78 Å². The fraction of sp³-hybridized carbons (Fsp3) is 0.952. The zero-order chi connectivity index (χ0) is 17.4. The molecule has 0 saturated heterocycles. The normalized spacial score (nSPS) is 45.9. The van der Waals surface area contributed by atoms with Crippen molar-refractivity contribution in [1.82, 2.24) is 0 Å². The molecule has 0 aromatic carbocycles. The standard InChI is InChI=1S/C21H38O2/c1-14-12-17-18(22)11-9-7-8-10-15(2)21(17,6)16(3)13-20(4,5)19(14)23/h14-17,19,23H,7-13H2,1-6H3/t14-,15?,16-,17?,19+,21+/m1/s1. The van der Waals surface area contributed by atoms with E-state index in [1.807, 2.05) is 0 Å². The highest BCUT2D eigenvalue weighted by Crippen LogP contribution is 2.54. The molecule has 2 aliphatic rings. The molecule has 2 aliphatic carbocycles. The third-order valence-corrected chi connectivity index (χ3v) is 7.60. The number of aliphatic hydroxyl groups is 1. The van der Waals surface area contributed by atoms with E-state index >= 15 is 0 Å². The molecule has 0 amide bonds. The third kappa shape index (κ3) is 3.52. The number of hydrogen-bond donors (Lipinski definition) is 1. The summed E-state index contributed by atoms with van der Waals surface area (Å²) in [6, 6.07) is 0. The Kier molecular flexibility index (Phi) is 5.66. The van der Waals surface area contributed by atoms with Crippen LogP contribution in [0.3, 0.4) is 0 Å². The molecule has 0 bridgehead atoms. The molecular formula is C21H38O2. The molecule has 0 aromatic rings. The van der Waals surface area contributed by atoms with Gasteiger partial charge in [0.2, 0.25) is 0 Å². The minimum Gasteiger partial charge on any atom is -0.392 e. The average Bonchev–Trinajstić information content (AvgIpc) is 2.52. The molecule has 2 heteroatoms. The van der Waals surface area contributed by atoms with Crippen LogP contribution in [0.1, 0.15) is 86.5 Å². The van der Waals surface area contributed by atoms with Crippen LogP contribution in [0, 0.1) is 34.5 Å². The number of carbonyl (C=O) groups excluding carboxylic acids is 1. The van der Waals surface area contributed by atoms with Crippen LogP contribution in [0.4, 0.5) is 0 Å². The summed E-state index contributed by atoms with van der Waals surface area (Å²) in [5.41, 5.74) is -0.0128. The van der Waals surface area contributed by atoms with Crippen molar-refractivity contribution in [3.8, 4) is 0 Å². The average molecular weight is 323 g/mol. The summed E-state index contributed by atoms with van der Waals surface area (Å²) in [4.78, 5) is 13.0. The van der Waals surface area contributed by atoms with Crippen molar-refractivity contribution >= 4 is 5.78 Å². The van der Waals surface area contributed by atoms with Crippen molar-refractivity contribution in [3.05, 3.63) is 0 Å². The zero-order valence-corrected chi connectivity index (χ0v) is 16.2. The molecule has 0 radical (unpaired) electrons. The van der Waals surface area contributed by atoms with Crippen LogP contribution in [-0.2, 0) is 4.79 Å². The highest BCUT2D eigenvalue weighted by molar-refractivity contribution is 5.82. The number of aliphatic hydroxyl groups excluding tert-OH is 1. The van der Waals surface area contributed by atoms with Gasteiger partial charge in [0, 0.05) is 12.3 Å². The van der Waals surface area contributed by atoms with Gasteiger partial charge >= 0.3 is 0 Å². The van der Waals surface area contributed by atoms with Crippen molar-refractivity contribution < 1.29 is 9.90 Å². The Balaban J connectivity index is 2.46. The first-order valence-electron chi connectivity index (χ1n) is 9.81. The lowest BCUT2D eigenvalue weighted by Gasteiger charge is -2.52. The van der Waals surface area contributed by atoms with Crippen molar-refractivity contribution in [2.24, 2.45) is 34.5 Å². The van der Waals surface area contributed by atoms with Crippen LogP contribution in [0.15, 0.2) is 0 Å². The van der Waals surface area contributed by atoms with Crippen molar-refractivity contribution in [3.63, 3.8) is 0 Å². The van der Waals surface area contributed by atoms with E-state index in [1.54, 1.807) is 0 Å². The summed E-state index contributed by atoms with van der Waals surface area (Å²) in [6.07, 6.45) is 7.02. The van der Waals surface area contributed by atoms with Gasteiger partial charge in [0.25, 0.3) is 0 Å². The number of carbonyl (C=O) groups is 1. The summed E-state index contributed by atoms with van der Waals surface area (Å²) in [5, 5.41) is 10.8. The fourth-order valence-electron chi connectivity index (χ4n) is 5.72. The van der Waals surface area contributed by atoms with Gasteiger partial charge < -0.3 is 5.11 Å². The quantitative estimate of drug-likeness (QED) is 0.663. The molecule has 2 saturated carbocycles. The third-order valence-electron chi connectivity index (χ3n) is 7.60. The molecule has 2 nitrogen and oxygen atoms in total. The van der Waals surface area contributed by atoms with Crippen molar-refractivity contribution in [2.75, 3.05) is 0 Å². The van der Waals surface area contributed by atoms with Crippen LogP contribution in [0.25, 0.3) is 0 Å². The maximum atomic E-state index is 13.0. The SMILES string of the molecule is CC1CCCCCC(=O)C2C[C@@H](C)[C@H](O)C(C)(C)C[C@@H](C)[C@]12C. The van der Waals surface area contributed by atoms with Gasteiger partial charge in [-0.1, -0.05) is 60.8 Å². The number of fused-ring (bicyclic) bond motifs is 1. The molecule has 1 N–H and O–H groups in total. The second kappa shape index (κ2) is 6.86. The van der Waals surface area contributed by atoms with Gasteiger partial charge in [-0.3, -0.25) is 4.79 Å². The van der Waals surface area contributed by atoms with Gasteiger partial charge in [0.15, 0.2) is 0 Å². The lowest BCUT2D eigenvalue weighted by Crippen LogP contribution is -2.50. The maximum Gasteiger partial charge on any atom is 0.136 e. The van der Waals surface area contributed by atoms with Crippen molar-refractivity contribution in [1.29, 1.82) is 0 Å². The highest BCUT2D eigenvalue weighted by Gasteiger charge is 2.51. The van der Waals surface area contributed by atoms with E-state index in [4.69, 9.17) is 0 Å². The first kappa shape index (κ1) is 19.0. The van der Waals surface area contributed by atoms with Gasteiger partial charge in [0.05, 0.1) is 6.10 Å². The van der Waals surface area contributed by atoms with Crippen LogP contribution < -0.4 is 0 Å². The molecule has 0 aromatic heterocycles. The topological polar surface area (TPSA) is 37.3 Å². The lowest BCUT2D eigenvalue weighted by atomic mass is 9.52. The maximum absolute atomic E-state index is 13.0. The summed E-state index contributed by atoms with van der Waals surface area (Å²) in [7, 11) is 0. The molecular weight excluding hydrogens is 284 g/mol. The number of Topliss-reactive ketones (excluding diaryl/α,β-unsaturated/α-hetero) is 1. The summed E-state index contributed by atoms with van der Waals surface area (Å²) in [6.45, 7) is 13.6. The van der Waals surface area contributed by atoms with Gasteiger partial charge in [-0.25, -0.2) is 0 Å². The first-order valence-corrected chi connectivity index (χ1v) is 9.81. The fourth-order valence-corrected chi connectivity index (χ4v) is 5.72. The number of hydrogen-bond acceptors (Lipinski definition) is 2. The van der Waals surface area contributed by atoms with Gasteiger partial charge in [-0.05, 0) is 47.8 Å². The van der Waals surface area contributed by atoms with E-state index in [2.05, 4.69) is 41.5 Å². The molecule has 6 atom stereocenters. The Hall–Kier alpha value is -0.370. The highest BCUT2D eigenvalue weighted by atomic mass is 16.3. The Morgan fingerprint density at radius 1 is 1.00 bits per heavy atom. The molecule has 2 fully saturated rings. The number of rotatable bonds is 0.